The topological polar surface area (TPSA) is 60.6 Å². The third-order valence-corrected chi connectivity index (χ3v) is 3.37. The highest BCUT2D eigenvalue weighted by Crippen LogP contribution is 2.41. The SMILES string of the molecule is COc1cc(-c2cc(C(C)=O)c(C)[nH]2)cc(OC)c1OC. The molecule has 5 heteroatoms. The highest BCUT2D eigenvalue weighted by molar-refractivity contribution is 5.96. The minimum absolute atomic E-state index is 0.0300. The average Bonchev–Trinajstić information content (AvgIpc) is 2.87. The lowest BCUT2D eigenvalue weighted by atomic mass is 10.1. The number of carbonyl (C=O) groups excluding carboxylic acids is 1. The lowest BCUT2D eigenvalue weighted by Crippen LogP contribution is -1.95. The summed E-state index contributed by atoms with van der Waals surface area (Å²) in [6.45, 7) is 3.42. The molecule has 0 aliphatic heterocycles. The monoisotopic (exact) mass is 289 g/mol. The highest BCUT2D eigenvalue weighted by atomic mass is 16.5. The smallest absolute Gasteiger partial charge is 0.203 e. The van der Waals surface area contributed by atoms with Gasteiger partial charge in [-0.05, 0) is 32.0 Å². The number of aromatic nitrogens is 1. The van der Waals surface area contributed by atoms with E-state index >= 15 is 0 Å². The fourth-order valence-corrected chi connectivity index (χ4v) is 2.32. The number of Topliss-reactive ketones (excluding diaryl/α,β-unsaturated/α-hetero) is 1. The molecule has 5 nitrogen and oxygen atoms in total. The first kappa shape index (κ1) is 15.0. The molecule has 0 saturated heterocycles. The maximum Gasteiger partial charge on any atom is 0.203 e. The number of methoxy groups -OCH3 is 3. The number of hydrogen-bond acceptors (Lipinski definition) is 4. The van der Waals surface area contributed by atoms with Crippen LogP contribution in [-0.2, 0) is 0 Å². The summed E-state index contributed by atoms with van der Waals surface area (Å²) < 4.78 is 16.0. The van der Waals surface area contributed by atoms with Crippen LogP contribution < -0.4 is 14.2 Å². The Morgan fingerprint density at radius 2 is 1.57 bits per heavy atom. The van der Waals surface area contributed by atoms with Crippen molar-refractivity contribution in [3.8, 4) is 28.5 Å². The van der Waals surface area contributed by atoms with Gasteiger partial charge in [0.1, 0.15) is 0 Å². The predicted octanol–water partition coefficient (Wildman–Crippen LogP) is 3.22. The zero-order valence-corrected chi connectivity index (χ0v) is 12.9. The number of hydrogen-bond donors (Lipinski definition) is 1. The predicted molar refractivity (Wildman–Crippen MR) is 80.6 cm³/mol. The van der Waals surface area contributed by atoms with Crippen LogP contribution in [0, 0.1) is 6.92 Å². The summed E-state index contributed by atoms with van der Waals surface area (Å²) in [6.07, 6.45) is 0. The molecule has 1 N–H and O–H groups in total. The van der Waals surface area contributed by atoms with Crippen molar-refractivity contribution in [2.45, 2.75) is 13.8 Å². The van der Waals surface area contributed by atoms with Crippen molar-refractivity contribution < 1.29 is 19.0 Å². The molecule has 1 heterocycles. The van der Waals surface area contributed by atoms with Gasteiger partial charge in [-0.3, -0.25) is 4.79 Å². The van der Waals surface area contributed by atoms with Crippen LogP contribution in [0.3, 0.4) is 0 Å². The number of carbonyl (C=O) groups is 1. The first-order valence-electron chi connectivity index (χ1n) is 6.52. The second-order valence-corrected chi connectivity index (χ2v) is 4.69. The second kappa shape index (κ2) is 5.91. The number of ether oxygens (including phenoxy) is 3. The van der Waals surface area contributed by atoms with Gasteiger partial charge in [0, 0.05) is 22.5 Å². The number of aryl methyl sites for hydroxylation is 1. The number of H-pyrrole nitrogens is 1. The van der Waals surface area contributed by atoms with Gasteiger partial charge in [0.05, 0.1) is 21.3 Å². The molecular formula is C16H19NO4. The van der Waals surface area contributed by atoms with E-state index in [0.29, 0.717) is 22.8 Å². The summed E-state index contributed by atoms with van der Waals surface area (Å²) >= 11 is 0. The largest absolute Gasteiger partial charge is 0.493 e. The molecule has 1 aromatic carbocycles. The van der Waals surface area contributed by atoms with E-state index in [1.165, 1.54) is 0 Å². The third-order valence-electron chi connectivity index (χ3n) is 3.37. The molecule has 0 spiro atoms. The van der Waals surface area contributed by atoms with Crippen molar-refractivity contribution in [2.75, 3.05) is 21.3 Å². The Balaban J connectivity index is 2.59. The van der Waals surface area contributed by atoms with Crippen molar-refractivity contribution in [3.05, 3.63) is 29.5 Å². The van der Waals surface area contributed by atoms with Crippen molar-refractivity contribution in [3.63, 3.8) is 0 Å². The molecule has 112 valence electrons. The average molecular weight is 289 g/mol. The minimum Gasteiger partial charge on any atom is -0.493 e. The maximum atomic E-state index is 11.6. The van der Waals surface area contributed by atoms with Crippen LogP contribution in [0.4, 0.5) is 0 Å². The van der Waals surface area contributed by atoms with Gasteiger partial charge in [-0.1, -0.05) is 0 Å². The molecule has 0 unspecified atom stereocenters. The Kier molecular flexibility index (Phi) is 4.21. The minimum atomic E-state index is 0.0300. The molecule has 2 aromatic rings. The summed E-state index contributed by atoms with van der Waals surface area (Å²) in [7, 11) is 4.71. The van der Waals surface area contributed by atoms with Crippen LogP contribution in [0.2, 0.25) is 0 Å². The third kappa shape index (κ3) is 2.72. The summed E-state index contributed by atoms with van der Waals surface area (Å²) in [6, 6.07) is 5.52. The molecule has 0 radical (unpaired) electrons. The second-order valence-electron chi connectivity index (χ2n) is 4.69. The van der Waals surface area contributed by atoms with E-state index in [1.807, 2.05) is 25.1 Å². The Hall–Kier alpha value is -2.43. The molecular weight excluding hydrogens is 270 g/mol. The van der Waals surface area contributed by atoms with Gasteiger partial charge in [-0.25, -0.2) is 0 Å². The van der Waals surface area contributed by atoms with Crippen LogP contribution in [0.25, 0.3) is 11.3 Å². The Bertz CT molecular complexity index is 648. The molecule has 0 atom stereocenters. The molecule has 0 fully saturated rings. The zero-order chi connectivity index (χ0) is 15.6. The molecule has 0 aliphatic carbocycles. The number of rotatable bonds is 5. The van der Waals surface area contributed by atoms with Crippen LogP contribution in [0.5, 0.6) is 17.2 Å². The first-order valence-corrected chi connectivity index (χ1v) is 6.52. The van der Waals surface area contributed by atoms with E-state index < -0.39 is 0 Å². The maximum absolute atomic E-state index is 11.6. The molecule has 1 aromatic heterocycles. The van der Waals surface area contributed by atoms with Crippen molar-refractivity contribution in [2.24, 2.45) is 0 Å². The van der Waals surface area contributed by atoms with Gasteiger partial charge in [0.25, 0.3) is 0 Å². The Morgan fingerprint density at radius 1 is 1.00 bits per heavy atom. The lowest BCUT2D eigenvalue weighted by Gasteiger charge is -2.13. The molecule has 0 bridgehead atoms. The fraction of sp³-hybridized carbons (Fsp3) is 0.312. The van der Waals surface area contributed by atoms with Crippen molar-refractivity contribution >= 4 is 5.78 Å². The van der Waals surface area contributed by atoms with E-state index in [2.05, 4.69) is 4.98 Å². The summed E-state index contributed by atoms with van der Waals surface area (Å²) in [5.41, 5.74) is 3.21. The molecule has 0 aliphatic rings. The van der Waals surface area contributed by atoms with Gasteiger partial charge in [-0.15, -0.1) is 0 Å². The molecule has 2 rings (SSSR count). The number of nitrogens with one attached hydrogen (secondary N) is 1. The van der Waals surface area contributed by atoms with Crippen molar-refractivity contribution in [1.29, 1.82) is 0 Å². The Labute approximate surface area is 123 Å². The van der Waals surface area contributed by atoms with Gasteiger partial charge in [0.2, 0.25) is 5.75 Å². The van der Waals surface area contributed by atoms with Gasteiger partial charge in [-0.2, -0.15) is 0 Å². The number of ketones is 1. The summed E-state index contributed by atoms with van der Waals surface area (Å²) in [5.74, 6) is 1.72. The molecule has 0 saturated carbocycles. The quantitative estimate of drug-likeness (QED) is 0.859. The molecule has 0 amide bonds. The van der Waals surface area contributed by atoms with E-state index in [-0.39, 0.29) is 5.78 Å². The van der Waals surface area contributed by atoms with Gasteiger partial charge in [0.15, 0.2) is 17.3 Å². The zero-order valence-electron chi connectivity index (χ0n) is 12.9. The number of benzene rings is 1. The van der Waals surface area contributed by atoms with Crippen LogP contribution in [0.15, 0.2) is 18.2 Å². The highest BCUT2D eigenvalue weighted by Gasteiger charge is 2.16. The normalized spacial score (nSPS) is 10.3. The summed E-state index contributed by atoms with van der Waals surface area (Å²) in [5, 5.41) is 0. The van der Waals surface area contributed by atoms with Crippen LogP contribution in [-0.4, -0.2) is 32.1 Å². The van der Waals surface area contributed by atoms with Crippen LogP contribution >= 0.6 is 0 Å². The first-order chi connectivity index (χ1) is 10.0. The van der Waals surface area contributed by atoms with E-state index in [4.69, 9.17) is 14.2 Å². The van der Waals surface area contributed by atoms with E-state index in [1.54, 1.807) is 28.3 Å². The van der Waals surface area contributed by atoms with Crippen LogP contribution in [0.1, 0.15) is 23.0 Å². The lowest BCUT2D eigenvalue weighted by molar-refractivity contribution is 0.101. The van der Waals surface area contributed by atoms with E-state index in [9.17, 15) is 4.79 Å². The Morgan fingerprint density at radius 3 is 1.95 bits per heavy atom. The van der Waals surface area contributed by atoms with Gasteiger partial charge < -0.3 is 19.2 Å². The van der Waals surface area contributed by atoms with Gasteiger partial charge >= 0.3 is 0 Å². The van der Waals surface area contributed by atoms with Crippen molar-refractivity contribution in [1.82, 2.24) is 4.98 Å². The molecule has 21 heavy (non-hydrogen) atoms. The fourth-order valence-electron chi connectivity index (χ4n) is 2.32. The van der Waals surface area contributed by atoms with E-state index in [0.717, 1.165) is 17.0 Å². The number of aromatic amines is 1. The standard InChI is InChI=1S/C16H19NO4/c1-9-12(10(2)18)8-13(17-9)11-6-14(19-3)16(21-5)15(7-11)20-4/h6-8,17H,1-5H3. The summed E-state index contributed by atoms with van der Waals surface area (Å²) in [4.78, 5) is 14.8.